The smallest absolute Gasteiger partial charge is 0.320 e. The highest BCUT2D eigenvalue weighted by molar-refractivity contribution is 6.31. The monoisotopic (exact) mass is 403 g/mol. The number of amides is 3. The number of nitrogens with one attached hydrogen (secondary N) is 1. The molecule has 1 fully saturated rings. The zero-order chi connectivity index (χ0) is 19.9. The Balaban J connectivity index is 1.41. The minimum absolute atomic E-state index is 0.0395. The van der Waals surface area contributed by atoms with Crippen LogP contribution in [0.3, 0.4) is 0 Å². The minimum Gasteiger partial charge on any atom is -0.355 e. The lowest BCUT2D eigenvalue weighted by atomic mass is 10.1. The number of rotatable bonds is 8. The van der Waals surface area contributed by atoms with E-state index in [1.54, 1.807) is 11.0 Å². The van der Waals surface area contributed by atoms with Gasteiger partial charge in [-0.15, -0.1) is 0 Å². The predicted octanol–water partition coefficient (Wildman–Crippen LogP) is 3.47. The maximum atomic E-state index is 13.1. The molecule has 1 saturated heterocycles. The van der Waals surface area contributed by atoms with E-state index in [0.717, 1.165) is 12.8 Å². The molecular weight excluding hydrogens is 381 g/mol. The van der Waals surface area contributed by atoms with E-state index in [9.17, 15) is 14.0 Å². The number of carbonyl (C=O) groups excluding carboxylic acids is 2. The van der Waals surface area contributed by atoms with Crippen LogP contribution in [0.5, 0.6) is 0 Å². The fraction of sp³-hybridized carbons (Fsp3) is 0.333. The third-order valence-corrected chi connectivity index (χ3v) is 5.05. The summed E-state index contributed by atoms with van der Waals surface area (Å²) in [5, 5.41) is 3.16. The van der Waals surface area contributed by atoms with E-state index in [1.165, 1.54) is 22.6 Å². The summed E-state index contributed by atoms with van der Waals surface area (Å²) in [6.07, 6.45) is 1.74. The maximum absolute atomic E-state index is 13.1. The van der Waals surface area contributed by atoms with Gasteiger partial charge in [0.1, 0.15) is 12.4 Å². The molecule has 1 N–H and O–H groups in total. The van der Waals surface area contributed by atoms with Crippen molar-refractivity contribution in [2.45, 2.75) is 19.4 Å². The van der Waals surface area contributed by atoms with Crippen molar-refractivity contribution in [3.63, 3.8) is 0 Å². The molecule has 1 heterocycles. The molecule has 0 saturated carbocycles. The number of urea groups is 1. The Morgan fingerprint density at radius 3 is 2.61 bits per heavy atom. The van der Waals surface area contributed by atoms with E-state index in [0.29, 0.717) is 36.8 Å². The second-order valence-electron chi connectivity index (χ2n) is 6.80. The molecule has 0 unspecified atom stereocenters. The lowest BCUT2D eigenvalue weighted by molar-refractivity contribution is -0.121. The van der Waals surface area contributed by atoms with Crippen LogP contribution in [0, 0.1) is 5.82 Å². The van der Waals surface area contributed by atoms with Gasteiger partial charge in [-0.1, -0.05) is 48.0 Å². The van der Waals surface area contributed by atoms with Gasteiger partial charge in [-0.25, -0.2) is 9.18 Å². The first-order chi connectivity index (χ1) is 13.5. The van der Waals surface area contributed by atoms with Gasteiger partial charge in [0.05, 0.1) is 0 Å². The molecular formula is C21H23ClFN3O2. The van der Waals surface area contributed by atoms with Crippen molar-refractivity contribution in [3.05, 3.63) is 70.5 Å². The van der Waals surface area contributed by atoms with Gasteiger partial charge in [-0.05, 0) is 36.1 Å². The molecule has 3 amide bonds. The molecule has 0 aliphatic carbocycles. The summed E-state index contributed by atoms with van der Waals surface area (Å²) in [5.74, 6) is -0.574. The van der Waals surface area contributed by atoms with E-state index >= 15 is 0 Å². The highest BCUT2D eigenvalue weighted by Gasteiger charge is 2.30. The van der Waals surface area contributed by atoms with Gasteiger partial charge in [-0.3, -0.25) is 4.79 Å². The quantitative estimate of drug-likeness (QED) is 0.686. The van der Waals surface area contributed by atoms with Gasteiger partial charge < -0.3 is 15.1 Å². The Kier molecular flexibility index (Phi) is 6.87. The summed E-state index contributed by atoms with van der Waals surface area (Å²) in [4.78, 5) is 27.8. The van der Waals surface area contributed by atoms with Crippen LogP contribution in [-0.4, -0.2) is 47.9 Å². The van der Waals surface area contributed by atoms with E-state index in [1.807, 2.05) is 18.2 Å². The van der Waals surface area contributed by atoms with Crippen LogP contribution in [0.2, 0.25) is 5.02 Å². The molecule has 3 rings (SSSR count). The van der Waals surface area contributed by atoms with Crippen LogP contribution in [0.4, 0.5) is 9.18 Å². The predicted molar refractivity (Wildman–Crippen MR) is 107 cm³/mol. The molecule has 1 aliphatic rings. The van der Waals surface area contributed by atoms with Crippen molar-refractivity contribution in [1.29, 1.82) is 0 Å². The van der Waals surface area contributed by atoms with Gasteiger partial charge in [-0.2, -0.15) is 0 Å². The summed E-state index contributed by atoms with van der Waals surface area (Å²) in [6, 6.07) is 14.0. The Morgan fingerprint density at radius 2 is 1.86 bits per heavy atom. The van der Waals surface area contributed by atoms with Crippen LogP contribution in [0.15, 0.2) is 48.5 Å². The summed E-state index contributed by atoms with van der Waals surface area (Å²) >= 11 is 6.04. The number of benzene rings is 2. The first-order valence-corrected chi connectivity index (χ1v) is 9.69. The first kappa shape index (κ1) is 20.1. The number of carbonyl (C=O) groups is 2. The average Bonchev–Trinajstić information content (AvgIpc) is 3.02. The van der Waals surface area contributed by atoms with E-state index in [-0.39, 0.29) is 18.5 Å². The van der Waals surface area contributed by atoms with Gasteiger partial charge in [0.25, 0.3) is 0 Å². The second-order valence-corrected chi connectivity index (χ2v) is 7.21. The highest BCUT2D eigenvalue weighted by Crippen LogP contribution is 2.21. The third kappa shape index (κ3) is 5.45. The lowest BCUT2D eigenvalue weighted by Gasteiger charge is -2.19. The van der Waals surface area contributed by atoms with Crippen LogP contribution in [-0.2, 0) is 17.8 Å². The average molecular weight is 404 g/mol. The molecule has 0 aromatic heterocycles. The lowest BCUT2D eigenvalue weighted by Crippen LogP contribution is -2.40. The molecule has 5 nitrogen and oxygen atoms in total. The van der Waals surface area contributed by atoms with Crippen molar-refractivity contribution in [3.8, 4) is 0 Å². The molecule has 1 aliphatic heterocycles. The van der Waals surface area contributed by atoms with E-state index < -0.39 is 5.82 Å². The molecule has 0 radical (unpaired) electrons. The number of aryl methyl sites for hydroxylation is 1. The first-order valence-electron chi connectivity index (χ1n) is 9.31. The topological polar surface area (TPSA) is 52.7 Å². The van der Waals surface area contributed by atoms with E-state index in [2.05, 4.69) is 17.4 Å². The number of hydrogen-bond donors (Lipinski definition) is 1. The Morgan fingerprint density at radius 1 is 1.11 bits per heavy atom. The van der Waals surface area contributed by atoms with Gasteiger partial charge in [0.15, 0.2) is 0 Å². The van der Waals surface area contributed by atoms with Crippen molar-refractivity contribution >= 4 is 23.5 Å². The molecule has 0 atom stereocenters. The summed E-state index contributed by atoms with van der Waals surface area (Å²) in [7, 11) is 0. The third-order valence-electron chi connectivity index (χ3n) is 4.70. The second kappa shape index (κ2) is 9.55. The zero-order valence-corrected chi connectivity index (χ0v) is 16.3. The summed E-state index contributed by atoms with van der Waals surface area (Å²) in [6.45, 7) is 1.90. The Labute approximate surface area is 169 Å². The van der Waals surface area contributed by atoms with Gasteiger partial charge in [0.2, 0.25) is 5.91 Å². The maximum Gasteiger partial charge on any atom is 0.320 e. The minimum atomic E-state index is -0.410. The van der Waals surface area contributed by atoms with Gasteiger partial charge in [0, 0.05) is 31.2 Å². The van der Waals surface area contributed by atoms with Crippen molar-refractivity contribution < 1.29 is 14.0 Å². The molecule has 0 bridgehead atoms. The van der Waals surface area contributed by atoms with Crippen molar-refractivity contribution in [2.75, 3.05) is 26.2 Å². The molecule has 2 aromatic rings. The number of nitrogens with zero attached hydrogens (tertiary/aromatic N) is 2. The number of halogens is 2. The SMILES string of the molecule is O=C(CN1CCN(Cc2ccc(F)cc2Cl)C1=O)NCCCc1ccccc1. The van der Waals surface area contributed by atoms with Crippen LogP contribution in [0.25, 0.3) is 0 Å². The normalized spacial score (nSPS) is 13.9. The molecule has 7 heteroatoms. The highest BCUT2D eigenvalue weighted by atomic mass is 35.5. The zero-order valence-electron chi connectivity index (χ0n) is 15.5. The van der Waals surface area contributed by atoms with E-state index in [4.69, 9.17) is 11.6 Å². The van der Waals surface area contributed by atoms with Crippen molar-refractivity contribution in [2.24, 2.45) is 0 Å². The number of hydrogen-bond acceptors (Lipinski definition) is 2. The fourth-order valence-electron chi connectivity index (χ4n) is 3.18. The van der Waals surface area contributed by atoms with Crippen LogP contribution in [0.1, 0.15) is 17.5 Å². The summed E-state index contributed by atoms with van der Waals surface area (Å²) in [5.41, 5.74) is 1.92. The van der Waals surface area contributed by atoms with Crippen LogP contribution < -0.4 is 5.32 Å². The molecule has 2 aromatic carbocycles. The molecule has 28 heavy (non-hydrogen) atoms. The standard InChI is InChI=1S/C21H23ClFN3O2/c22-19-13-18(23)9-8-17(19)14-25-11-12-26(21(25)28)15-20(27)24-10-4-7-16-5-2-1-3-6-16/h1-3,5-6,8-9,13H,4,7,10-12,14-15H2,(H,24,27). The van der Waals surface area contributed by atoms with Crippen LogP contribution >= 0.6 is 11.6 Å². The Hall–Kier alpha value is -2.60. The summed E-state index contributed by atoms with van der Waals surface area (Å²) < 4.78 is 13.1. The van der Waals surface area contributed by atoms with Crippen molar-refractivity contribution in [1.82, 2.24) is 15.1 Å². The molecule has 148 valence electrons. The largest absolute Gasteiger partial charge is 0.355 e. The molecule has 0 spiro atoms. The fourth-order valence-corrected chi connectivity index (χ4v) is 3.40. The van der Waals surface area contributed by atoms with Gasteiger partial charge >= 0.3 is 6.03 Å². The Bertz CT molecular complexity index is 832.